The third kappa shape index (κ3) is 4.42. The lowest BCUT2D eigenvalue weighted by Crippen LogP contribution is -2.45. The second kappa shape index (κ2) is 9.39. The fourth-order valence-corrected chi connectivity index (χ4v) is 5.40. The summed E-state index contributed by atoms with van der Waals surface area (Å²) in [6, 6.07) is 12.9. The number of aromatic nitrogens is 1. The van der Waals surface area contributed by atoms with Crippen LogP contribution in [0.15, 0.2) is 42.5 Å². The van der Waals surface area contributed by atoms with Crippen LogP contribution in [0.4, 0.5) is 4.39 Å². The predicted octanol–water partition coefficient (Wildman–Crippen LogP) is 4.16. The minimum absolute atomic E-state index is 0.0499. The van der Waals surface area contributed by atoms with Gasteiger partial charge >= 0.3 is 5.97 Å². The normalized spacial score (nSPS) is 17.2. The number of rotatable bonds is 5. The first kappa shape index (κ1) is 22.9. The largest absolute Gasteiger partial charge is 0.481 e. The molecule has 0 saturated carbocycles. The number of halogens is 2. The molecule has 1 fully saturated rings. The highest BCUT2D eigenvalue weighted by Crippen LogP contribution is 2.32. The summed E-state index contributed by atoms with van der Waals surface area (Å²) in [6.45, 7) is 3.03. The maximum atomic E-state index is 14.6. The Labute approximate surface area is 202 Å². The predicted molar refractivity (Wildman–Crippen MR) is 128 cm³/mol. The van der Waals surface area contributed by atoms with E-state index in [0.29, 0.717) is 62.7 Å². The van der Waals surface area contributed by atoms with Crippen LogP contribution in [0.3, 0.4) is 0 Å². The molecule has 1 N–H and O–H groups in total. The van der Waals surface area contributed by atoms with E-state index in [1.807, 2.05) is 23.1 Å². The van der Waals surface area contributed by atoms with Crippen LogP contribution in [0, 0.1) is 11.7 Å². The molecule has 1 amide bonds. The highest BCUT2D eigenvalue weighted by Gasteiger charge is 2.30. The lowest BCUT2D eigenvalue weighted by molar-refractivity contribution is -0.143. The van der Waals surface area contributed by atoms with Crippen molar-refractivity contribution >= 4 is 34.4 Å². The average molecular weight is 484 g/mol. The second-order valence-electron chi connectivity index (χ2n) is 9.22. The number of aliphatic carboxylic acids is 1. The highest BCUT2D eigenvalue weighted by atomic mass is 35.5. The van der Waals surface area contributed by atoms with Gasteiger partial charge in [-0.1, -0.05) is 35.9 Å². The van der Waals surface area contributed by atoms with Crippen molar-refractivity contribution in [3.8, 4) is 0 Å². The Morgan fingerprint density at radius 3 is 2.59 bits per heavy atom. The number of fused-ring (bicyclic) bond motifs is 3. The van der Waals surface area contributed by atoms with Crippen molar-refractivity contribution in [2.45, 2.75) is 32.4 Å². The van der Waals surface area contributed by atoms with Crippen molar-refractivity contribution < 1.29 is 19.1 Å². The number of likely N-dealkylation sites (tertiary alicyclic amines) is 1. The molecule has 0 bridgehead atoms. The van der Waals surface area contributed by atoms with Crippen LogP contribution in [0.2, 0.25) is 5.02 Å². The van der Waals surface area contributed by atoms with Gasteiger partial charge in [-0.15, -0.1) is 0 Å². The summed E-state index contributed by atoms with van der Waals surface area (Å²) in [5.41, 5.74) is 3.85. The van der Waals surface area contributed by atoms with E-state index in [9.17, 15) is 19.1 Å². The van der Waals surface area contributed by atoms with Crippen LogP contribution in [0.25, 0.3) is 10.9 Å². The number of hydrogen-bond donors (Lipinski definition) is 1. The summed E-state index contributed by atoms with van der Waals surface area (Å²) in [4.78, 5) is 28.3. The first-order chi connectivity index (χ1) is 16.4. The van der Waals surface area contributed by atoms with Crippen LogP contribution >= 0.6 is 11.6 Å². The summed E-state index contributed by atoms with van der Waals surface area (Å²) < 4.78 is 16.7. The molecule has 3 heterocycles. The van der Waals surface area contributed by atoms with Crippen molar-refractivity contribution in [1.82, 2.24) is 14.4 Å². The van der Waals surface area contributed by atoms with Crippen molar-refractivity contribution in [3.05, 3.63) is 70.1 Å². The van der Waals surface area contributed by atoms with Gasteiger partial charge in [0.2, 0.25) is 5.91 Å². The Morgan fingerprint density at radius 1 is 1.09 bits per heavy atom. The summed E-state index contributed by atoms with van der Waals surface area (Å²) in [5, 5.41) is 10.7. The molecular formula is C26H27ClFN3O3. The number of carboxylic acid groups (broad SMARTS) is 1. The maximum Gasteiger partial charge on any atom is 0.306 e. The molecule has 0 atom stereocenters. The van der Waals surface area contributed by atoms with Gasteiger partial charge in [0.1, 0.15) is 5.82 Å². The topological polar surface area (TPSA) is 65.8 Å². The van der Waals surface area contributed by atoms with Crippen LogP contribution < -0.4 is 0 Å². The molecule has 1 saturated heterocycles. The number of benzene rings is 2. The summed E-state index contributed by atoms with van der Waals surface area (Å²) in [6.07, 6.45) is 1.90. The van der Waals surface area contributed by atoms with Gasteiger partial charge in [0.05, 0.1) is 25.6 Å². The smallest absolute Gasteiger partial charge is 0.306 e. The molecule has 8 heteroatoms. The molecule has 0 spiro atoms. The Hall–Kier alpha value is -2.90. The molecule has 2 aliphatic rings. The maximum absolute atomic E-state index is 14.6. The van der Waals surface area contributed by atoms with E-state index in [-0.39, 0.29) is 17.6 Å². The standard InChI is InChI=1S/C26H27ClFN3O3/c27-19-6-5-18(22(28)13-19)14-31-23-4-2-1-3-20(23)21-9-12-30(15-24(21)31)25(32)16-29-10-7-17(8-11-29)26(33)34/h1-6,13,17H,7-12,14-16H2,(H,33,34). The van der Waals surface area contributed by atoms with E-state index in [2.05, 4.69) is 15.5 Å². The first-order valence-electron chi connectivity index (χ1n) is 11.7. The van der Waals surface area contributed by atoms with E-state index in [0.717, 1.165) is 23.0 Å². The number of carbonyl (C=O) groups is 2. The van der Waals surface area contributed by atoms with Gasteiger partial charge in [-0.25, -0.2) is 4.39 Å². The molecule has 0 aliphatic carbocycles. The minimum atomic E-state index is -0.750. The van der Waals surface area contributed by atoms with Crippen LogP contribution in [0.1, 0.15) is 29.7 Å². The van der Waals surface area contributed by atoms with Crippen molar-refractivity contribution in [2.75, 3.05) is 26.2 Å². The van der Waals surface area contributed by atoms with Crippen LogP contribution in [-0.4, -0.2) is 57.5 Å². The number of nitrogens with zero attached hydrogens (tertiary/aromatic N) is 3. The van der Waals surface area contributed by atoms with Gasteiger partial charge in [-0.3, -0.25) is 14.5 Å². The summed E-state index contributed by atoms with van der Waals surface area (Å²) in [5.74, 6) is -1.35. The van der Waals surface area contributed by atoms with Gasteiger partial charge < -0.3 is 14.6 Å². The van der Waals surface area contributed by atoms with E-state index in [4.69, 9.17) is 11.6 Å². The minimum Gasteiger partial charge on any atom is -0.481 e. The molecule has 1 aromatic heterocycles. The molecule has 178 valence electrons. The Bertz CT molecular complexity index is 1250. The quantitative estimate of drug-likeness (QED) is 0.591. The van der Waals surface area contributed by atoms with Gasteiger partial charge in [-0.05, 0) is 56.1 Å². The van der Waals surface area contributed by atoms with Crippen molar-refractivity contribution in [3.63, 3.8) is 0 Å². The molecule has 6 nitrogen and oxygen atoms in total. The van der Waals surface area contributed by atoms with Gasteiger partial charge in [0, 0.05) is 33.7 Å². The second-order valence-corrected chi connectivity index (χ2v) is 9.65. The molecule has 3 aromatic rings. The molecule has 5 rings (SSSR count). The zero-order valence-corrected chi connectivity index (χ0v) is 19.6. The highest BCUT2D eigenvalue weighted by molar-refractivity contribution is 6.30. The number of hydrogen-bond acceptors (Lipinski definition) is 3. The Morgan fingerprint density at radius 2 is 1.85 bits per heavy atom. The van der Waals surface area contributed by atoms with Gasteiger partial charge in [-0.2, -0.15) is 0 Å². The fourth-order valence-electron chi connectivity index (χ4n) is 5.24. The molecule has 2 aromatic carbocycles. The summed E-state index contributed by atoms with van der Waals surface area (Å²) in [7, 11) is 0. The number of carbonyl (C=O) groups excluding carboxylic acids is 1. The van der Waals surface area contributed by atoms with E-state index in [1.165, 1.54) is 11.6 Å². The Kier molecular flexibility index (Phi) is 6.32. The summed E-state index contributed by atoms with van der Waals surface area (Å²) >= 11 is 5.94. The van der Waals surface area contributed by atoms with Crippen molar-refractivity contribution in [1.29, 1.82) is 0 Å². The van der Waals surface area contributed by atoms with Gasteiger partial charge in [0.15, 0.2) is 0 Å². The first-order valence-corrected chi connectivity index (χ1v) is 12.0. The van der Waals surface area contributed by atoms with Gasteiger partial charge in [0.25, 0.3) is 0 Å². The zero-order valence-electron chi connectivity index (χ0n) is 18.8. The SMILES string of the molecule is O=C(O)C1CCN(CC(=O)N2CCc3c(n(Cc4ccc(Cl)cc4F)c4ccccc34)C2)CC1. The monoisotopic (exact) mass is 483 g/mol. The number of amides is 1. The Balaban J connectivity index is 1.37. The van der Waals surface area contributed by atoms with E-state index in [1.54, 1.807) is 12.1 Å². The van der Waals surface area contributed by atoms with Crippen LogP contribution in [-0.2, 0) is 29.1 Å². The van der Waals surface area contributed by atoms with E-state index < -0.39 is 5.97 Å². The fraction of sp³-hybridized carbons (Fsp3) is 0.385. The lowest BCUT2D eigenvalue weighted by atomic mass is 9.97. The molecular weight excluding hydrogens is 457 g/mol. The molecule has 0 radical (unpaired) electrons. The average Bonchev–Trinajstić information content (AvgIpc) is 3.14. The van der Waals surface area contributed by atoms with E-state index >= 15 is 0 Å². The lowest BCUT2D eigenvalue weighted by Gasteiger charge is -2.33. The third-order valence-electron chi connectivity index (χ3n) is 7.16. The number of piperidine rings is 1. The molecule has 2 aliphatic heterocycles. The molecule has 34 heavy (non-hydrogen) atoms. The number of para-hydroxylation sites is 1. The molecule has 0 unspecified atom stereocenters. The van der Waals surface area contributed by atoms with Crippen molar-refractivity contribution in [2.24, 2.45) is 5.92 Å². The third-order valence-corrected chi connectivity index (χ3v) is 7.39. The number of carboxylic acids is 1. The zero-order chi connectivity index (χ0) is 23.8. The van der Waals surface area contributed by atoms with Crippen LogP contribution in [0.5, 0.6) is 0 Å².